The lowest BCUT2D eigenvalue weighted by molar-refractivity contribution is -0.134. The number of benzene rings is 1. The fourth-order valence-electron chi connectivity index (χ4n) is 2.15. The highest BCUT2D eigenvalue weighted by molar-refractivity contribution is 7.20. The number of rotatable bonds is 7. The van der Waals surface area contributed by atoms with Crippen LogP contribution >= 0.6 is 11.3 Å². The van der Waals surface area contributed by atoms with E-state index in [9.17, 15) is 14.0 Å². The van der Waals surface area contributed by atoms with Crippen molar-refractivity contribution < 1.29 is 18.7 Å². The number of esters is 1. The number of halogens is 1. The Bertz CT molecular complexity index is 848. The molecular weight excluding hydrogens is 345 g/mol. The summed E-state index contributed by atoms with van der Waals surface area (Å²) in [4.78, 5) is 25.7. The average molecular weight is 359 g/mol. The van der Waals surface area contributed by atoms with Crippen LogP contribution in [0.2, 0.25) is 0 Å². The lowest BCUT2D eigenvalue weighted by Crippen LogP contribution is -2.36. The first kappa shape index (κ1) is 18.4. The normalized spacial score (nSPS) is 10.0. The molecule has 0 aliphatic heterocycles. The number of nitriles is 2. The Balaban J connectivity index is 1.99. The Labute approximate surface area is 147 Å². The minimum atomic E-state index is -0.713. The second kappa shape index (κ2) is 8.76. The molecule has 128 valence electrons. The van der Waals surface area contributed by atoms with E-state index in [0.717, 1.165) is 11.3 Å². The quantitative estimate of drug-likeness (QED) is 0.709. The van der Waals surface area contributed by atoms with Crippen LogP contribution in [-0.2, 0) is 9.53 Å². The highest BCUT2D eigenvalue weighted by Gasteiger charge is 2.18. The third-order valence-corrected chi connectivity index (χ3v) is 4.46. The molecule has 25 heavy (non-hydrogen) atoms. The van der Waals surface area contributed by atoms with Gasteiger partial charge in [0.2, 0.25) is 0 Å². The van der Waals surface area contributed by atoms with E-state index in [4.69, 9.17) is 15.3 Å². The van der Waals surface area contributed by atoms with E-state index in [1.54, 1.807) is 12.1 Å². The number of hydrogen-bond donors (Lipinski definition) is 0. The molecule has 6 nitrogen and oxygen atoms in total. The molecule has 0 aliphatic carbocycles. The van der Waals surface area contributed by atoms with Crippen molar-refractivity contribution in [2.45, 2.75) is 12.8 Å². The molecule has 1 aromatic carbocycles. The van der Waals surface area contributed by atoms with E-state index in [-0.39, 0.29) is 30.8 Å². The Morgan fingerprint density at radius 1 is 1.20 bits per heavy atom. The first-order valence-electron chi connectivity index (χ1n) is 7.43. The summed E-state index contributed by atoms with van der Waals surface area (Å²) < 4.78 is 19.3. The Kier molecular flexibility index (Phi) is 6.44. The van der Waals surface area contributed by atoms with Gasteiger partial charge in [0, 0.05) is 23.2 Å². The van der Waals surface area contributed by atoms with Crippen molar-refractivity contribution >= 4 is 33.3 Å². The number of thiophene rings is 1. The molecule has 0 saturated carbocycles. The summed E-state index contributed by atoms with van der Waals surface area (Å²) in [5, 5.41) is 17.6. The third-order valence-electron chi connectivity index (χ3n) is 3.38. The van der Waals surface area contributed by atoms with Gasteiger partial charge in [-0.2, -0.15) is 10.5 Å². The van der Waals surface area contributed by atoms with Crippen LogP contribution in [0, 0.1) is 28.5 Å². The second-order valence-corrected chi connectivity index (χ2v) is 6.12. The molecule has 0 unspecified atom stereocenters. The maximum Gasteiger partial charge on any atom is 0.348 e. The zero-order valence-corrected chi connectivity index (χ0v) is 14.0. The van der Waals surface area contributed by atoms with Gasteiger partial charge in [0.25, 0.3) is 5.91 Å². The van der Waals surface area contributed by atoms with E-state index >= 15 is 0 Å². The van der Waals surface area contributed by atoms with Gasteiger partial charge >= 0.3 is 5.97 Å². The maximum absolute atomic E-state index is 13.7. The molecule has 0 radical (unpaired) electrons. The molecule has 0 N–H and O–H groups in total. The number of amides is 1. The molecular formula is C17H14FN3O3S. The van der Waals surface area contributed by atoms with Gasteiger partial charge in [-0.3, -0.25) is 4.79 Å². The molecule has 0 saturated heterocycles. The van der Waals surface area contributed by atoms with Crippen LogP contribution in [0.1, 0.15) is 22.5 Å². The van der Waals surface area contributed by atoms with Crippen LogP contribution in [0.4, 0.5) is 4.39 Å². The van der Waals surface area contributed by atoms with Gasteiger partial charge in [0.1, 0.15) is 10.7 Å². The second-order valence-electron chi connectivity index (χ2n) is 5.04. The number of carbonyl (C=O) groups is 2. The molecule has 0 atom stereocenters. The maximum atomic E-state index is 13.7. The molecule has 0 fully saturated rings. The zero-order chi connectivity index (χ0) is 18.2. The Morgan fingerprint density at radius 3 is 2.48 bits per heavy atom. The van der Waals surface area contributed by atoms with Crippen molar-refractivity contribution in [3.63, 3.8) is 0 Å². The molecule has 2 rings (SSSR count). The summed E-state index contributed by atoms with van der Waals surface area (Å²) in [6.07, 6.45) is 0.251. The highest BCUT2D eigenvalue weighted by atomic mass is 32.1. The lowest BCUT2D eigenvalue weighted by atomic mass is 10.2. The van der Waals surface area contributed by atoms with Crippen LogP contribution < -0.4 is 0 Å². The minimum absolute atomic E-state index is 0.126. The summed E-state index contributed by atoms with van der Waals surface area (Å²) >= 11 is 1.08. The SMILES string of the molecule is N#CCCN(CCC#N)C(=O)COC(=O)c1cc2c(F)cccc2s1. The van der Waals surface area contributed by atoms with Crippen molar-refractivity contribution in [3.05, 3.63) is 35.0 Å². The molecule has 8 heteroatoms. The molecule has 0 bridgehead atoms. The van der Waals surface area contributed by atoms with Crippen LogP contribution in [-0.4, -0.2) is 36.5 Å². The summed E-state index contributed by atoms with van der Waals surface area (Å²) in [7, 11) is 0. The molecule has 1 amide bonds. The van der Waals surface area contributed by atoms with Gasteiger partial charge in [-0.1, -0.05) is 6.07 Å². The number of ether oxygens (including phenoxy) is 1. The first-order valence-corrected chi connectivity index (χ1v) is 8.25. The number of nitrogens with zero attached hydrogens (tertiary/aromatic N) is 3. The van der Waals surface area contributed by atoms with Gasteiger partial charge in [-0.05, 0) is 18.2 Å². The molecule has 1 heterocycles. The van der Waals surface area contributed by atoms with E-state index in [2.05, 4.69) is 0 Å². The zero-order valence-electron chi connectivity index (χ0n) is 13.2. The molecule has 1 aromatic heterocycles. The summed E-state index contributed by atoms with van der Waals surface area (Å²) in [6.45, 7) is -0.155. The first-order chi connectivity index (χ1) is 12.1. The highest BCUT2D eigenvalue weighted by Crippen LogP contribution is 2.28. The van der Waals surface area contributed by atoms with Crippen LogP contribution in [0.5, 0.6) is 0 Å². The van der Waals surface area contributed by atoms with E-state index in [1.165, 1.54) is 17.0 Å². The largest absolute Gasteiger partial charge is 0.451 e. The number of fused-ring (bicyclic) bond motifs is 1. The average Bonchev–Trinajstić information content (AvgIpc) is 3.05. The third kappa shape index (κ3) is 4.75. The van der Waals surface area contributed by atoms with Crippen LogP contribution in [0.3, 0.4) is 0 Å². The predicted octanol–water partition coefficient (Wildman–Crippen LogP) is 2.85. The van der Waals surface area contributed by atoms with E-state index in [0.29, 0.717) is 10.1 Å². The van der Waals surface area contributed by atoms with E-state index in [1.807, 2.05) is 12.1 Å². The summed E-state index contributed by atoms with van der Waals surface area (Å²) in [5.41, 5.74) is 0. The van der Waals surface area contributed by atoms with Crippen molar-refractivity contribution in [2.24, 2.45) is 0 Å². The van der Waals surface area contributed by atoms with Crippen molar-refractivity contribution in [2.75, 3.05) is 19.7 Å². The van der Waals surface area contributed by atoms with Gasteiger partial charge in [-0.25, -0.2) is 9.18 Å². The number of carbonyl (C=O) groups excluding carboxylic acids is 2. The summed E-state index contributed by atoms with van der Waals surface area (Å²) in [6, 6.07) is 9.78. The van der Waals surface area contributed by atoms with Crippen molar-refractivity contribution in [1.82, 2.24) is 4.90 Å². The fraction of sp³-hybridized carbons (Fsp3) is 0.294. The monoisotopic (exact) mass is 359 g/mol. The van der Waals surface area contributed by atoms with Crippen LogP contribution in [0.25, 0.3) is 10.1 Å². The predicted molar refractivity (Wildman–Crippen MR) is 89.1 cm³/mol. The van der Waals surface area contributed by atoms with Gasteiger partial charge < -0.3 is 9.64 Å². The topological polar surface area (TPSA) is 94.2 Å². The fourth-order valence-corrected chi connectivity index (χ4v) is 3.12. The van der Waals surface area contributed by atoms with E-state index < -0.39 is 24.3 Å². The molecule has 0 aliphatic rings. The standard InChI is InChI=1S/C17H14FN3O3S/c18-13-4-1-5-14-12(13)10-15(25-14)17(23)24-11-16(22)21(8-2-6-19)9-3-7-20/h1,4-5,10H,2-3,8-9,11H2. The van der Waals surface area contributed by atoms with Crippen molar-refractivity contribution in [1.29, 1.82) is 10.5 Å². The minimum Gasteiger partial charge on any atom is -0.451 e. The smallest absolute Gasteiger partial charge is 0.348 e. The molecule has 0 spiro atoms. The Hall–Kier alpha value is -2.97. The van der Waals surface area contributed by atoms with Gasteiger partial charge in [0.15, 0.2) is 6.61 Å². The van der Waals surface area contributed by atoms with Gasteiger partial charge in [-0.15, -0.1) is 11.3 Å². The molecule has 2 aromatic rings. The Morgan fingerprint density at radius 2 is 1.88 bits per heavy atom. The van der Waals surface area contributed by atoms with Crippen LogP contribution in [0.15, 0.2) is 24.3 Å². The number of hydrogen-bond acceptors (Lipinski definition) is 6. The van der Waals surface area contributed by atoms with Gasteiger partial charge in [0.05, 0.1) is 25.0 Å². The lowest BCUT2D eigenvalue weighted by Gasteiger charge is -2.19. The summed E-state index contributed by atoms with van der Waals surface area (Å²) in [5.74, 6) is -1.62. The van der Waals surface area contributed by atoms with Crippen molar-refractivity contribution in [3.8, 4) is 12.1 Å².